The van der Waals surface area contributed by atoms with E-state index in [2.05, 4.69) is 10.6 Å². The number of carbonyl (C=O) groups is 2. The van der Waals surface area contributed by atoms with E-state index in [1.165, 1.54) is 0 Å². The fourth-order valence-electron chi connectivity index (χ4n) is 3.53. The van der Waals surface area contributed by atoms with Gasteiger partial charge in [-0.2, -0.15) is 0 Å². The first-order valence-corrected chi connectivity index (χ1v) is 10.6. The summed E-state index contributed by atoms with van der Waals surface area (Å²) in [5.74, 6) is -1.43. The van der Waals surface area contributed by atoms with Crippen molar-refractivity contribution in [2.45, 2.75) is 13.8 Å². The molecule has 0 fully saturated rings. The van der Waals surface area contributed by atoms with Crippen LogP contribution in [-0.2, 0) is 4.74 Å². The third-order valence-corrected chi connectivity index (χ3v) is 5.26. The molecule has 4 aromatic carbocycles. The summed E-state index contributed by atoms with van der Waals surface area (Å²) in [7, 11) is 0. The lowest BCUT2D eigenvalue weighted by Gasteiger charge is -2.16. The molecule has 0 aliphatic carbocycles. The predicted octanol–water partition coefficient (Wildman–Crippen LogP) is 6.79. The van der Waals surface area contributed by atoms with Gasteiger partial charge in [0.05, 0.1) is 22.5 Å². The van der Waals surface area contributed by atoms with Gasteiger partial charge in [0.1, 0.15) is 0 Å². The van der Waals surface area contributed by atoms with E-state index >= 15 is 0 Å². The third-order valence-electron chi connectivity index (χ3n) is 5.26. The van der Waals surface area contributed by atoms with Crippen LogP contribution in [0.2, 0.25) is 0 Å². The molecule has 0 unspecified atom stereocenters. The number of rotatable bonds is 6. The summed E-state index contributed by atoms with van der Waals surface area (Å²) < 4.78 is 5.33. The Morgan fingerprint density at radius 1 is 0.545 bits per heavy atom. The van der Waals surface area contributed by atoms with E-state index in [9.17, 15) is 9.59 Å². The monoisotopic (exact) mass is 436 g/mol. The molecule has 0 saturated carbocycles. The van der Waals surface area contributed by atoms with Crippen molar-refractivity contribution in [2.75, 3.05) is 10.6 Å². The maximum Gasteiger partial charge on any atom is 0.348 e. The van der Waals surface area contributed by atoms with Gasteiger partial charge >= 0.3 is 11.9 Å². The Kier molecular flexibility index (Phi) is 6.51. The van der Waals surface area contributed by atoms with Crippen molar-refractivity contribution in [1.82, 2.24) is 0 Å². The van der Waals surface area contributed by atoms with Gasteiger partial charge in [0.15, 0.2) is 0 Å². The van der Waals surface area contributed by atoms with Crippen LogP contribution < -0.4 is 10.6 Å². The minimum atomic E-state index is -0.714. The maximum atomic E-state index is 13.0. The first-order chi connectivity index (χ1) is 16.0. The highest BCUT2D eigenvalue weighted by atomic mass is 16.6. The van der Waals surface area contributed by atoms with Crippen LogP contribution in [0, 0.1) is 13.8 Å². The van der Waals surface area contributed by atoms with Gasteiger partial charge in [0.25, 0.3) is 0 Å². The van der Waals surface area contributed by atoms with Crippen LogP contribution in [0.5, 0.6) is 0 Å². The quantitative estimate of drug-likeness (QED) is 0.257. The van der Waals surface area contributed by atoms with Crippen molar-refractivity contribution in [3.63, 3.8) is 0 Å². The number of hydrogen-bond donors (Lipinski definition) is 2. The van der Waals surface area contributed by atoms with Crippen LogP contribution in [-0.4, -0.2) is 11.9 Å². The van der Waals surface area contributed by atoms with Crippen molar-refractivity contribution in [1.29, 1.82) is 0 Å². The molecule has 0 saturated heterocycles. The van der Waals surface area contributed by atoms with E-state index in [1.54, 1.807) is 24.3 Å². The average Bonchev–Trinajstić information content (AvgIpc) is 2.83. The van der Waals surface area contributed by atoms with Gasteiger partial charge in [-0.15, -0.1) is 0 Å². The summed E-state index contributed by atoms with van der Waals surface area (Å²) in [6.07, 6.45) is 0. The van der Waals surface area contributed by atoms with E-state index in [-0.39, 0.29) is 11.1 Å². The number of carbonyl (C=O) groups excluding carboxylic acids is 2. The number of para-hydroxylation sites is 4. The summed E-state index contributed by atoms with van der Waals surface area (Å²) >= 11 is 0. The second kappa shape index (κ2) is 9.83. The first kappa shape index (κ1) is 21.8. The molecule has 0 aromatic heterocycles. The summed E-state index contributed by atoms with van der Waals surface area (Å²) in [4.78, 5) is 26.1. The fraction of sp³-hybridized carbons (Fsp3) is 0.0714. The average molecular weight is 437 g/mol. The molecule has 0 amide bonds. The van der Waals surface area contributed by atoms with Crippen LogP contribution >= 0.6 is 0 Å². The zero-order valence-corrected chi connectivity index (χ0v) is 18.5. The van der Waals surface area contributed by atoms with Crippen molar-refractivity contribution in [2.24, 2.45) is 0 Å². The van der Waals surface area contributed by atoms with Gasteiger partial charge in [-0.25, -0.2) is 9.59 Å². The van der Waals surface area contributed by atoms with Crippen LogP contribution in [0.15, 0.2) is 97.1 Å². The normalized spacial score (nSPS) is 10.4. The smallest absolute Gasteiger partial charge is 0.348 e. The molecule has 33 heavy (non-hydrogen) atoms. The van der Waals surface area contributed by atoms with Gasteiger partial charge in [-0.05, 0) is 61.4 Å². The highest BCUT2D eigenvalue weighted by molar-refractivity contribution is 6.08. The highest BCUT2D eigenvalue weighted by Crippen LogP contribution is 2.28. The molecule has 4 aromatic rings. The molecular weight excluding hydrogens is 412 g/mol. The fourth-order valence-corrected chi connectivity index (χ4v) is 3.53. The SMILES string of the molecule is Cc1cccc(C(=O)OC(=O)c2cccc(C)c2Nc2ccccc2)c1Nc1ccccc1. The first-order valence-electron chi connectivity index (χ1n) is 10.6. The summed E-state index contributed by atoms with van der Waals surface area (Å²) in [6, 6.07) is 29.7. The molecule has 5 heteroatoms. The number of esters is 2. The van der Waals surface area contributed by atoms with E-state index < -0.39 is 11.9 Å². The van der Waals surface area contributed by atoms with Gasteiger partial charge in [0, 0.05) is 11.4 Å². The standard InChI is InChI=1S/C28H24N2O3/c1-19-11-9-17-23(25(19)29-21-13-5-3-6-14-21)27(31)33-28(32)24-18-10-12-20(2)26(24)30-22-15-7-4-8-16-22/h3-18,29-30H,1-2H3. The molecule has 0 bridgehead atoms. The zero-order valence-electron chi connectivity index (χ0n) is 18.5. The number of ether oxygens (including phenoxy) is 1. The second-order valence-electron chi connectivity index (χ2n) is 7.65. The van der Waals surface area contributed by atoms with Crippen molar-refractivity contribution < 1.29 is 14.3 Å². The number of nitrogens with one attached hydrogen (secondary N) is 2. The largest absolute Gasteiger partial charge is 0.386 e. The molecule has 0 heterocycles. The highest BCUT2D eigenvalue weighted by Gasteiger charge is 2.22. The minimum Gasteiger partial charge on any atom is -0.386 e. The Hall–Kier alpha value is -4.38. The minimum absolute atomic E-state index is 0.289. The summed E-state index contributed by atoms with van der Waals surface area (Å²) in [5.41, 5.74) is 5.18. The van der Waals surface area contributed by atoms with Gasteiger partial charge in [-0.1, -0.05) is 60.7 Å². The number of anilines is 4. The molecule has 0 aliphatic rings. The number of aryl methyl sites for hydroxylation is 2. The van der Waals surface area contributed by atoms with Crippen LogP contribution in [0.4, 0.5) is 22.7 Å². The Balaban J connectivity index is 1.60. The molecule has 0 atom stereocenters. The van der Waals surface area contributed by atoms with Gasteiger partial charge in [-0.3, -0.25) is 0 Å². The molecule has 2 N–H and O–H groups in total. The van der Waals surface area contributed by atoms with E-state index in [0.29, 0.717) is 11.4 Å². The molecule has 0 radical (unpaired) electrons. The Labute approximate surface area is 193 Å². The van der Waals surface area contributed by atoms with E-state index in [1.807, 2.05) is 86.6 Å². The molecular formula is C28H24N2O3. The Morgan fingerprint density at radius 3 is 1.33 bits per heavy atom. The topological polar surface area (TPSA) is 67.4 Å². The number of hydrogen-bond acceptors (Lipinski definition) is 5. The van der Waals surface area contributed by atoms with Crippen molar-refractivity contribution >= 4 is 34.7 Å². The number of benzene rings is 4. The summed E-state index contributed by atoms with van der Waals surface area (Å²) in [6.45, 7) is 3.79. The second-order valence-corrected chi connectivity index (χ2v) is 7.65. The lowest BCUT2D eigenvalue weighted by molar-refractivity contribution is 0.0399. The Morgan fingerprint density at radius 2 is 0.939 bits per heavy atom. The molecule has 0 aliphatic heterocycles. The molecule has 4 rings (SSSR count). The van der Waals surface area contributed by atoms with Gasteiger partial charge < -0.3 is 15.4 Å². The van der Waals surface area contributed by atoms with Crippen LogP contribution in [0.3, 0.4) is 0 Å². The molecule has 5 nitrogen and oxygen atoms in total. The zero-order chi connectivity index (χ0) is 23.2. The predicted molar refractivity (Wildman–Crippen MR) is 132 cm³/mol. The Bertz CT molecular complexity index is 1180. The lowest BCUT2D eigenvalue weighted by atomic mass is 10.1. The maximum absolute atomic E-state index is 13.0. The van der Waals surface area contributed by atoms with E-state index in [0.717, 1.165) is 22.5 Å². The lowest BCUT2D eigenvalue weighted by Crippen LogP contribution is -2.16. The summed E-state index contributed by atoms with van der Waals surface area (Å²) in [5, 5.41) is 6.53. The van der Waals surface area contributed by atoms with Crippen molar-refractivity contribution in [3.8, 4) is 0 Å². The van der Waals surface area contributed by atoms with Crippen LogP contribution in [0.25, 0.3) is 0 Å². The molecule has 0 spiro atoms. The van der Waals surface area contributed by atoms with E-state index in [4.69, 9.17) is 4.74 Å². The third kappa shape index (κ3) is 5.10. The van der Waals surface area contributed by atoms with Gasteiger partial charge in [0.2, 0.25) is 0 Å². The molecule has 164 valence electrons. The van der Waals surface area contributed by atoms with Crippen LogP contribution in [0.1, 0.15) is 31.8 Å². The van der Waals surface area contributed by atoms with Crippen molar-refractivity contribution in [3.05, 3.63) is 119 Å².